The molecule has 0 aromatic heterocycles. The lowest BCUT2D eigenvalue weighted by Gasteiger charge is -1.98. The second kappa shape index (κ2) is 2.44. The van der Waals surface area contributed by atoms with Gasteiger partial charge in [-0.1, -0.05) is 6.58 Å². The summed E-state index contributed by atoms with van der Waals surface area (Å²) in [6.45, 7) is 3.88. The summed E-state index contributed by atoms with van der Waals surface area (Å²) in [5.74, 6) is 0.465. The predicted molar refractivity (Wildman–Crippen MR) is 33.4 cm³/mol. The molecule has 0 fully saturated rings. The van der Waals surface area contributed by atoms with Crippen LogP contribution in [0.5, 0.6) is 0 Å². The Balaban J connectivity index is 2.48. The van der Waals surface area contributed by atoms with Crippen LogP contribution in [0.4, 0.5) is 0 Å². The molecule has 0 spiro atoms. The van der Waals surface area contributed by atoms with E-state index in [0.29, 0.717) is 12.4 Å². The molecule has 1 aliphatic heterocycles. The first-order valence-electron chi connectivity index (χ1n) is 2.65. The topological polar surface area (TPSA) is 38.7 Å². The Hall–Kier alpha value is -1.12. The lowest BCUT2D eigenvalue weighted by molar-refractivity contribution is -0.113. The van der Waals surface area contributed by atoms with Gasteiger partial charge in [-0.2, -0.15) is 0 Å². The second-order valence-electron chi connectivity index (χ2n) is 1.68. The molecule has 0 bridgehead atoms. The Morgan fingerprint density at radius 2 is 2.67 bits per heavy atom. The van der Waals surface area contributed by atoms with Gasteiger partial charge in [0.2, 0.25) is 5.90 Å². The maximum atomic E-state index is 10.0. The zero-order chi connectivity index (χ0) is 6.69. The third-order valence-electron chi connectivity index (χ3n) is 1.03. The van der Waals surface area contributed by atoms with E-state index in [4.69, 9.17) is 4.74 Å². The first-order valence-corrected chi connectivity index (χ1v) is 2.65. The van der Waals surface area contributed by atoms with E-state index >= 15 is 0 Å². The van der Waals surface area contributed by atoms with Crippen molar-refractivity contribution in [3.8, 4) is 0 Å². The smallest absolute Gasteiger partial charge is 0.208 e. The normalized spacial score (nSPS) is 24.4. The molecule has 48 valence electrons. The van der Waals surface area contributed by atoms with Gasteiger partial charge in [-0.25, -0.2) is 4.99 Å². The number of carbonyl (C=O) groups excluding carboxylic acids is 1. The SMILES string of the molecule is C=CC1=NCC(C=O)O1. The molecule has 0 aliphatic carbocycles. The second-order valence-corrected chi connectivity index (χ2v) is 1.68. The molecule has 0 saturated carbocycles. The number of hydrogen-bond donors (Lipinski definition) is 0. The summed E-state index contributed by atoms with van der Waals surface area (Å²) in [5.41, 5.74) is 0. The van der Waals surface area contributed by atoms with Crippen LogP contribution in [-0.2, 0) is 9.53 Å². The number of aldehydes is 1. The van der Waals surface area contributed by atoms with E-state index in [1.54, 1.807) is 0 Å². The molecule has 1 heterocycles. The molecule has 0 N–H and O–H groups in total. The minimum Gasteiger partial charge on any atom is -0.465 e. The van der Waals surface area contributed by atoms with Crippen molar-refractivity contribution in [1.29, 1.82) is 0 Å². The van der Waals surface area contributed by atoms with Gasteiger partial charge >= 0.3 is 0 Å². The van der Waals surface area contributed by atoms with Crippen LogP contribution in [0.2, 0.25) is 0 Å². The number of nitrogens with zero attached hydrogens (tertiary/aromatic N) is 1. The van der Waals surface area contributed by atoms with E-state index in [2.05, 4.69) is 11.6 Å². The highest BCUT2D eigenvalue weighted by atomic mass is 16.5. The highest BCUT2D eigenvalue weighted by molar-refractivity contribution is 5.90. The monoisotopic (exact) mass is 125 g/mol. The van der Waals surface area contributed by atoms with E-state index in [1.807, 2.05) is 0 Å². The van der Waals surface area contributed by atoms with Crippen LogP contribution in [0.25, 0.3) is 0 Å². The van der Waals surface area contributed by atoms with Crippen LogP contribution in [0, 0.1) is 0 Å². The molecule has 1 unspecified atom stereocenters. The molecule has 0 amide bonds. The largest absolute Gasteiger partial charge is 0.465 e. The Kier molecular flexibility index (Phi) is 1.63. The summed E-state index contributed by atoms with van der Waals surface area (Å²) >= 11 is 0. The minimum atomic E-state index is -0.377. The molecule has 1 aliphatic rings. The van der Waals surface area contributed by atoms with Crippen molar-refractivity contribution >= 4 is 12.2 Å². The van der Waals surface area contributed by atoms with Crippen molar-refractivity contribution in [2.24, 2.45) is 4.99 Å². The van der Waals surface area contributed by atoms with Gasteiger partial charge in [0.1, 0.15) is 0 Å². The van der Waals surface area contributed by atoms with E-state index < -0.39 is 0 Å². The first kappa shape index (κ1) is 6.01. The van der Waals surface area contributed by atoms with Gasteiger partial charge < -0.3 is 4.74 Å². The first-order chi connectivity index (χ1) is 4.36. The lowest BCUT2D eigenvalue weighted by Crippen LogP contribution is -2.12. The molecule has 0 radical (unpaired) electrons. The molecule has 1 atom stereocenters. The van der Waals surface area contributed by atoms with Crippen LogP contribution < -0.4 is 0 Å². The van der Waals surface area contributed by atoms with Crippen LogP contribution >= 0.6 is 0 Å². The summed E-state index contributed by atoms with van der Waals surface area (Å²) in [6.07, 6.45) is 1.85. The fourth-order valence-electron chi connectivity index (χ4n) is 0.593. The van der Waals surface area contributed by atoms with Crippen LogP contribution in [0.15, 0.2) is 17.6 Å². The third-order valence-corrected chi connectivity index (χ3v) is 1.03. The molecule has 3 nitrogen and oxygen atoms in total. The van der Waals surface area contributed by atoms with Crippen molar-refractivity contribution in [3.05, 3.63) is 12.7 Å². The summed E-state index contributed by atoms with van der Waals surface area (Å²) in [5, 5.41) is 0. The fraction of sp³-hybridized carbons (Fsp3) is 0.333. The fourth-order valence-corrected chi connectivity index (χ4v) is 0.593. The number of rotatable bonds is 2. The average molecular weight is 125 g/mol. The van der Waals surface area contributed by atoms with Gasteiger partial charge in [-0.3, -0.25) is 4.79 Å². The van der Waals surface area contributed by atoms with Crippen LogP contribution in [0.1, 0.15) is 0 Å². The van der Waals surface area contributed by atoms with Gasteiger partial charge in [-0.15, -0.1) is 0 Å². The molecule has 0 saturated heterocycles. The van der Waals surface area contributed by atoms with Crippen molar-refractivity contribution in [3.63, 3.8) is 0 Å². The van der Waals surface area contributed by atoms with Crippen LogP contribution in [-0.4, -0.2) is 24.8 Å². The number of hydrogen-bond acceptors (Lipinski definition) is 3. The van der Waals surface area contributed by atoms with Gasteiger partial charge in [0.15, 0.2) is 12.4 Å². The molecule has 1 rings (SSSR count). The lowest BCUT2D eigenvalue weighted by atomic mass is 10.4. The molecular weight excluding hydrogens is 118 g/mol. The van der Waals surface area contributed by atoms with E-state index in [9.17, 15) is 4.79 Å². The van der Waals surface area contributed by atoms with E-state index in [0.717, 1.165) is 6.29 Å². The molecular formula is C6H7NO2. The third kappa shape index (κ3) is 1.16. The summed E-state index contributed by atoms with van der Waals surface area (Å²) in [6, 6.07) is 0. The Labute approximate surface area is 53.0 Å². The Morgan fingerprint density at radius 1 is 1.89 bits per heavy atom. The summed E-state index contributed by atoms with van der Waals surface area (Å²) < 4.78 is 4.92. The van der Waals surface area contributed by atoms with Gasteiger partial charge in [0, 0.05) is 0 Å². The highest BCUT2D eigenvalue weighted by Crippen LogP contribution is 2.01. The van der Waals surface area contributed by atoms with Crippen LogP contribution in [0.3, 0.4) is 0 Å². The number of aliphatic imine (C=N–C) groups is 1. The highest BCUT2D eigenvalue weighted by Gasteiger charge is 2.15. The molecule has 0 aromatic carbocycles. The quantitative estimate of drug-likeness (QED) is 0.493. The average Bonchev–Trinajstić information content (AvgIpc) is 2.34. The summed E-state index contributed by atoms with van der Waals surface area (Å²) in [4.78, 5) is 13.9. The standard InChI is InChI=1S/C6H7NO2/c1-2-6-7-3-5(4-8)9-6/h2,4-5H,1,3H2. The molecule has 0 aromatic rings. The molecule has 9 heavy (non-hydrogen) atoms. The van der Waals surface area contributed by atoms with Gasteiger partial charge in [0.25, 0.3) is 0 Å². The zero-order valence-electron chi connectivity index (χ0n) is 4.91. The minimum absolute atomic E-state index is 0.377. The number of carbonyl (C=O) groups is 1. The van der Waals surface area contributed by atoms with Gasteiger partial charge in [0.05, 0.1) is 6.54 Å². The van der Waals surface area contributed by atoms with Gasteiger partial charge in [-0.05, 0) is 6.08 Å². The maximum absolute atomic E-state index is 10.0. The van der Waals surface area contributed by atoms with Crippen molar-refractivity contribution < 1.29 is 9.53 Å². The predicted octanol–water partition coefficient (Wildman–Crippen LogP) is 0.169. The van der Waals surface area contributed by atoms with E-state index in [-0.39, 0.29) is 6.10 Å². The van der Waals surface area contributed by atoms with E-state index in [1.165, 1.54) is 6.08 Å². The van der Waals surface area contributed by atoms with Crippen molar-refractivity contribution in [2.75, 3.05) is 6.54 Å². The Morgan fingerprint density at radius 3 is 3.00 bits per heavy atom. The number of ether oxygens (including phenoxy) is 1. The van der Waals surface area contributed by atoms with Crippen molar-refractivity contribution in [2.45, 2.75) is 6.10 Å². The summed E-state index contributed by atoms with van der Waals surface area (Å²) in [7, 11) is 0. The Bertz CT molecular complexity index is 162. The maximum Gasteiger partial charge on any atom is 0.208 e. The molecule has 3 heteroatoms. The van der Waals surface area contributed by atoms with Crippen molar-refractivity contribution in [1.82, 2.24) is 0 Å². The zero-order valence-corrected chi connectivity index (χ0v) is 4.91.